The van der Waals surface area contributed by atoms with E-state index in [4.69, 9.17) is 5.11 Å². The van der Waals surface area contributed by atoms with Crippen LogP contribution in [-0.4, -0.2) is 46.1 Å². The second kappa shape index (κ2) is 3.42. The number of carboxylic acids is 1. The van der Waals surface area contributed by atoms with Gasteiger partial charge in [-0.05, 0) is 0 Å². The fourth-order valence-corrected chi connectivity index (χ4v) is 2.97. The SMILES string of the molecule is CS(=O)(=O)CC1=C(C(=O)O)S(=O)(=O)N=C1. The van der Waals surface area contributed by atoms with Crippen LogP contribution in [0.5, 0.6) is 0 Å². The maximum Gasteiger partial charge on any atom is 0.349 e. The molecule has 1 N–H and O–H groups in total. The van der Waals surface area contributed by atoms with Crippen LogP contribution in [0, 0.1) is 0 Å². The van der Waals surface area contributed by atoms with Gasteiger partial charge in [0.2, 0.25) is 0 Å². The largest absolute Gasteiger partial charge is 0.477 e. The number of nitrogens with zero attached hydrogens (tertiary/aromatic N) is 1. The lowest BCUT2D eigenvalue weighted by Crippen LogP contribution is -2.14. The van der Waals surface area contributed by atoms with E-state index in [0.717, 1.165) is 12.5 Å². The van der Waals surface area contributed by atoms with Crippen LogP contribution in [0.3, 0.4) is 0 Å². The molecular weight excluding hydrogens is 246 g/mol. The first-order chi connectivity index (χ1) is 6.63. The molecule has 0 amide bonds. The number of sulfonamides is 1. The number of rotatable bonds is 3. The van der Waals surface area contributed by atoms with Crippen molar-refractivity contribution in [3.05, 3.63) is 10.5 Å². The molecule has 9 heteroatoms. The van der Waals surface area contributed by atoms with Crippen molar-refractivity contribution in [2.45, 2.75) is 0 Å². The van der Waals surface area contributed by atoms with Crippen molar-refractivity contribution in [1.29, 1.82) is 0 Å². The van der Waals surface area contributed by atoms with E-state index in [1.165, 1.54) is 0 Å². The third-order valence-electron chi connectivity index (χ3n) is 1.51. The van der Waals surface area contributed by atoms with Gasteiger partial charge in [-0.1, -0.05) is 0 Å². The van der Waals surface area contributed by atoms with Gasteiger partial charge in [-0.25, -0.2) is 13.2 Å². The summed E-state index contributed by atoms with van der Waals surface area (Å²) < 4.78 is 46.9. The van der Waals surface area contributed by atoms with Crippen LogP contribution in [0.25, 0.3) is 0 Å². The Hall–Kier alpha value is -1.22. The average molecular weight is 253 g/mol. The summed E-state index contributed by atoms with van der Waals surface area (Å²) in [6.45, 7) is 0. The normalized spacial score (nSPS) is 19.5. The summed E-state index contributed by atoms with van der Waals surface area (Å²) in [4.78, 5) is 9.64. The zero-order valence-electron chi connectivity index (χ0n) is 7.54. The van der Waals surface area contributed by atoms with Gasteiger partial charge in [0.1, 0.15) is 0 Å². The lowest BCUT2D eigenvalue weighted by molar-refractivity contribution is -0.131. The first-order valence-electron chi connectivity index (χ1n) is 3.58. The van der Waals surface area contributed by atoms with Crippen molar-refractivity contribution in [2.24, 2.45) is 4.40 Å². The lowest BCUT2D eigenvalue weighted by Gasteiger charge is -1.98. The molecule has 0 unspecified atom stereocenters. The van der Waals surface area contributed by atoms with Crippen molar-refractivity contribution in [3.63, 3.8) is 0 Å². The molecular formula is C6H7NO6S2. The first-order valence-corrected chi connectivity index (χ1v) is 7.08. The molecule has 1 aliphatic heterocycles. The van der Waals surface area contributed by atoms with E-state index in [0.29, 0.717) is 0 Å². The molecule has 0 aromatic heterocycles. The second-order valence-corrected chi connectivity index (χ2v) is 6.65. The Bertz CT molecular complexity index is 565. The fourth-order valence-electron chi connectivity index (χ4n) is 1.04. The molecule has 1 heterocycles. The number of hydrogen-bond donors (Lipinski definition) is 1. The van der Waals surface area contributed by atoms with Crippen molar-refractivity contribution in [3.8, 4) is 0 Å². The monoisotopic (exact) mass is 253 g/mol. The highest BCUT2D eigenvalue weighted by Gasteiger charge is 2.33. The van der Waals surface area contributed by atoms with Crippen LogP contribution in [0.1, 0.15) is 0 Å². The Kier molecular flexibility index (Phi) is 2.70. The van der Waals surface area contributed by atoms with E-state index in [9.17, 15) is 21.6 Å². The molecule has 84 valence electrons. The highest BCUT2D eigenvalue weighted by Crippen LogP contribution is 2.20. The van der Waals surface area contributed by atoms with Gasteiger partial charge >= 0.3 is 5.97 Å². The molecule has 0 radical (unpaired) electrons. The van der Waals surface area contributed by atoms with Crippen molar-refractivity contribution in [2.75, 3.05) is 12.0 Å². The Balaban J connectivity index is 3.33. The molecule has 0 aromatic carbocycles. The third kappa shape index (κ3) is 2.63. The summed E-state index contributed by atoms with van der Waals surface area (Å²) in [5.74, 6) is -2.36. The van der Waals surface area contributed by atoms with Crippen molar-refractivity contribution < 1.29 is 26.7 Å². The molecule has 0 aromatic rings. The highest BCUT2D eigenvalue weighted by molar-refractivity contribution is 7.95. The van der Waals surface area contributed by atoms with Gasteiger partial charge in [-0.2, -0.15) is 12.8 Å². The average Bonchev–Trinajstić information content (AvgIpc) is 2.22. The topological polar surface area (TPSA) is 118 Å². The molecule has 0 saturated carbocycles. The predicted molar refractivity (Wildman–Crippen MR) is 51.8 cm³/mol. The Morgan fingerprint density at radius 3 is 2.47 bits per heavy atom. The Morgan fingerprint density at radius 2 is 2.07 bits per heavy atom. The van der Waals surface area contributed by atoms with Gasteiger partial charge in [0.25, 0.3) is 10.0 Å². The number of carbonyl (C=O) groups is 1. The number of hydrogen-bond acceptors (Lipinski definition) is 5. The highest BCUT2D eigenvalue weighted by atomic mass is 32.2. The summed E-state index contributed by atoms with van der Waals surface area (Å²) in [7, 11) is -7.72. The van der Waals surface area contributed by atoms with Gasteiger partial charge in [0.05, 0.1) is 5.75 Å². The summed E-state index contributed by atoms with van der Waals surface area (Å²) in [5, 5.41) is 8.60. The van der Waals surface area contributed by atoms with E-state index in [2.05, 4.69) is 4.40 Å². The van der Waals surface area contributed by atoms with Crippen molar-refractivity contribution in [1.82, 2.24) is 0 Å². The van der Waals surface area contributed by atoms with E-state index in [1.54, 1.807) is 0 Å². The Labute approximate surface area is 86.1 Å². The van der Waals surface area contributed by atoms with Gasteiger partial charge < -0.3 is 5.11 Å². The van der Waals surface area contributed by atoms with Gasteiger partial charge in [-0.3, -0.25) is 0 Å². The molecule has 1 rings (SSSR count). The minimum absolute atomic E-state index is 0.315. The lowest BCUT2D eigenvalue weighted by atomic mass is 10.3. The third-order valence-corrected chi connectivity index (χ3v) is 3.68. The number of sulfone groups is 1. The molecule has 1 aliphatic rings. The summed E-state index contributed by atoms with van der Waals surface area (Å²) in [6.07, 6.45) is 1.62. The molecule has 0 fully saturated rings. The molecule has 0 spiro atoms. The van der Waals surface area contributed by atoms with Crippen molar-refractivity contribution >= 4 is 32.0 Å². The van der Waals surface area contributed by atoms with E-state index in [1.807, 2.05) is 0 Å². The molecule has 0 aliphatic carbocycles. The summed E-state index contributed by atoms with van der Waals surface area (Å²) in [6, 6.07) is 0. The number of aliphatic carboxylic acids is 1. The number of carboxylic acid groups (broad SMARTS) is 1. The van der Waals surface area contributed by atoms with Crippen LogP contribution in [0.15, 0.2) is 14.9 Å². The summed E-state index contributed by atoms with van der Waals surface area (Å²) in [5.41, 5.74) is -0.315. The quantitative estimate of drug-likeness (QED) is 0.673. The first kappa shape index (κ1) is 11.9. The minimum atomic E-state index is -4.22. The van der Waals surface area contributed by atoms with Gasteiger partial charge in [-0.15, -0.1) is 0 Å². The van der Waals surface area contributed by atoms with Crippen LogP contribution in [0.2, 0.25) is 0 Å². The molecule has 15 heavy (non-hydrogen) atoms. The van der Waals surface area contributed by atoms with E-state index in [-0.39, 0.29) is 5.57 Å². The minimum Gasteiger partial charge on any atom is -0.477 e. The summed E-state index contributed by atoms with van der Waals surface area (Å²) >= 11 is 0. The Morgan fingerprint density at radius 1 is 1.53 bits per heavy atom. The zero-order chi connectivity index (χ0) is 11.9. The second-order valence-electron chi connectivity index (χ2n) is 2.94. The van der Waals surface area contributed by atoms with Crippen LogP contribution < -0.4 is 0 Å². The standard InChI is InChI=1S/C6H7NO6S2/c1-14(10,11)3-4-2-7-15(12,13)5(4)6(8)9/h2H,3H2,1H3,(H,8,9). The maximum absolute atomic E-state index is 11.1. The smallest absolute Gasteiger partial charge is 0.349 e. The molecule has 0 saturated heterocycles. The van der Waals surface area contributed by atoms with Crippen LogP contribution >= 0.6 is 0 Å². The predicted octanol–water partition coefficient (Wildman–Crippen LogP) is -1.22. The van der Waals surface area contributed by atoms with Gasteiger partial charge in [0, 0.05) is 18.0 Å². The maximum atomic E-state index is 11.1. The fraction of sp³-hybridized carbons (Fsp3) is 0.333. The molecule has 7 nitrogen and oxygen atoms in total. The zero-order valence-corrected chi connectivity index (χ0v) is 9.17. The van der Waals surface area contributed by atoms with Crippen LogP contribution in [-0.2, 0) is 24.7 Å². The van der Waals surface area contributed by atoms with Crippen LogP contribution in [0.4, 0.5) is 0 Å². The van der Waals surface area contributed by atoms with Gasteiger partial charge in [0.15, 0.2) is 14.7 Å². The van der Waals surface area contributed by atoms with E-state index < -0.39 is 36.5 Å². The molecule has 0 bridgehead atoms. The van der Waals surface area contributed by atoms with E-state index >= 15 is 0 Å². The molecule has 0 atom stereocenters.